The Bertz CT molecular complexity index is 1270. The molecule has 0 saturated carbocycles. The van der Waals surface area contributed by atoms with Gasteiger partial charge < -0.3 is 9.72 Å². The second-order valence-corrected chi connectivity index (χ2v) is 9.87. The van der Waals surface area contributed by atoms with E-state index >= 15 is 0 Å². The van der Waals surface area contributed by atoms with Gasteiger partial charge in [-0.2, -0.15) is 9.40 Å². The van der Waals surface area contributed by atoms with Crippen LogP contribution in [0.4, 0.5) is 0 Å². The first-order chi connectivity index (χ1) is 15.8. The van der Waals surface area contributed by atoms with Crippen LogP contribution in [-0.2, 0) is 23.5 Å². The van der Waals surface area contributed by atoms with Gasteiger partial charge in [-0.15, -0.1) is 0 Å². The number of benzene rings is 1. The maximum absolute atomic E-state index is 13.4. The number of nitrogens with one attached hydrogen (secondary N) is 1. The molecule has 3 rings (SSSR count). The molecule has 33 heavy (non-hydrogen) atoms. The second-order valence-electron chi connectivity index (χ2n) is 7.93. The molecule has 1 N–H and O–H groups in total. The van der Waals surface area contributed by atoms with Crippen LogP contribution in [0.5, 0.6) is 5.75 Å². The standard InChI is InChI=1S/C23H33N5O4S/c1-6-10-18-20-21(27(5)26-18)23(29)25-22(24-20)17-15-16(11-12-19(17)32-9-4)33(30,31)28(13-7-2)14-8-3/h11-12,15H,6-10,13-14H2,1-5H3,(H,24,25,29). The summed E-state index contributed by atoms with van der Waals surface area (Å²) in [6, 6.07) is 4.71. The summed E-state index contributed by atoms with van der Waals surface area (Å²) in [6.07, 6.45) is 2.98. The molecule has 0 bridgehead atoms. The van der Waals surface area contributed by atoms with E-state index in [1.54, 1.807) is 25.2 Å². The lowest BCUT2D eigenvalue weighted by molar-refractivity contribution is 0.341. The summed E-state index contributed by atoms with van der Waals surface area (Å²) in [5, 5.41) is 4.46. The van der Waals surface area contributed by atoms with Gasteiger partial charge in [-0.1, -0.05) is 27.2 Å². The lowest BCUT2D eigenvalue weighted by atomic mass is 10.1. The Balaban J connectivity index is 2.22. The highest BCUT2D eigenvalue weighted by Gasteiger charge is 2.25. The van der Waals surface area contributed by atoms with Crippen LogP contribution in [0.15, 0.2) is 27.9 Å². The van der Waals surface area contributed by atoms with E-state index in [0.717, 1.165) is 25.0 Å². The Morgan fingerprint density at radius 2 is 1.79 bits per heavy atom. The molecule has 0 fully saturated rings. The van der Waals surface area contributed by atoms with E-state index in [2.05, 4.69) is 10.1 Å². The average molecular weight is 476 g/mol. The van der Waals surface area contributed by atoms with Crippen LogP contribution >= 0.6 is 0 Å². The summed E-state index contributed by atoms with van der Waals surface area (Å²) in [5.74, 6) is 0.716. The molecule has 10 heteroatoms. The molecule has 2 heterocycles. The van der Waals surface area contributed by atoms with Gasteiger partial charge in [-0.05, 0) is 44.4 Å². The van der Waals surface area contributed by atoms with E-state index < -0.39 is 10.0 Å². The molecule has 0 spiro atoms. The molecule has 0 saturated heterocycles. The number of aromatic amines is 1. The third-order valence-electron chi connectivity index (χ3n) is 5.34. The van der Waals surface area contributed by atoms with Crippen molar-refractivity contribution < 1.29 is 13.2 Å². The van der Waals surface area contributed by atoms with Crippen molar-refractivity contribution in [2.24, 2.45) is 7.05 Å². The minimum absolute atomic E-state index is 0.144. The van der Waals surface area contributed by atoms with Gasteiger partial charge in [0.2, 0.25) is 10.0 Å². The molecule has 0 aliphatic carbocycles. The number of sulfonamides is 1. The molecule has 0 aliphatic heterocycles. The van der Waals surface area contributed by atoms with Crippen LogP contribution in [0.1, 0.15) is 52.7 Å². The van der Waals surface area contributed by atoms with E-state index in [9.17, 15) is 13.2 Å². The fourth-order valence-electron chi connectivity index (χ4n) is 3.92. The van der Waals surface area contributed by atoms with Crippen molar-refractivity contribution in [1.82, 2.24) is 24.1 Å². The third-order valence-corrected chi connectivity index (χ3v) is 7.23. The summed E-state index contributed by atoms with van der Waals surface area (Å²) in [4.78, 5) is 20.6. The van der Waals surface area contributed by atoms with Crippen molar-refractivity contribution in [2.45, 2.75) is 58.3 Å². The molecule has 0 radical (unpaired) electrons. The minimum Gasteiger partial charge on any atom is -0.493 e. The summed E-state index contributed by atoms with van der Waals surface area (Å²) >= 11 is 0. The number of hydrogen-bond acceptors (Lipinski definition) is 6. The largest absolute Gasteiger partial charge is 0.493 e. The maximum atomic E-state index is 13.4. The van der Waals surface area contributed by atoms with Gasteiger partial charge in [0.15, 0.2) is 5.52 Å². The Labute approximate surface area is 194 Å². The van der Waals surface area contributed by atoms with Gasteiger partial charge >= 0.3 is 0 Å². The zero-order valence-corrected chi connectivity index (χ0v) is 20.8. The van der Waals surface area contributed by atoms with Crippen molar-refractivity contribution in [3.63, 3.8) is 0 Å². The van der Waals surface area contributed by atoms with Gasteiger partial charge in [0.1, 0.15) is 17.1 Å². The first kappa shape index (κ1) is 24.9. The molecular formula is C23H33N5O4S. The molecule has 0 atom stereocenters. The van der Waals surface area contributed by atoms with Crippen molar-refractivity contribution >= 4 is 21.1 Å². The second kappa shape index (κ2) is 10.5. The molecule has 2 aromatic heterocycles. The summed E-state index contributed by atoms with van der Waals surface area (Å²) in [5.41, 5.74) is 1.74. The highest BCUT2D eigenvalue weighted by molar-refractivity contribution is 7.89. The van der Waals surface area contributed by atoms with Crippen LogP contribution in [-0.4, -0.2) is 52.2 Å². The van der Waals surface area contributed by atoms with E-state index in [1.165, 1.54) is 8.99 Å². The van der Waals surface area contributed by atoms with Crippen LogP contribution in [0, 0.1) is 0 Å². The highest BCUT2D eigenvalue weighted by Crippen LogP contribution is 2.32. The first-order valence-corrected chi connectivity index (χ1v) is 13.0. The number of hydrogen-bond donors (Lipinski definition) is 1. The Kier molecular flexibility index (Phi) is 7.91. The number of nitrogens with zero attached hydrogens (tertiary/aromatic N) is 4. The molecule has 3 aromatic rings. The summed E-state index contributed by atoms with van der Waals surface area (Å²) in [7, 11) is -2.00. The normalized spacial score (nSPS) is 12.1. The third kappa shape index (κ3) is 4.96. The van der Waals surface area contributed by atoms with Gasteiger partial charge in [-0.3, -0.25) is 9.48 Å². The van der Waals surface area contributed by atoms with Gasteiger partial charge in [0.05, 0.1) is 22.8 Å². The fraction of sp³-hybridized carbons (Fsp3) is 0.522. The van der Waals surface area contributed by atoms with Crippen LogP contribution in [0.25, 0.3) is 22.4 Å². The van der Waals surface area contributed by atoms with Gasteiger partial charge in [0, 0.05) is 20.1 Å². The minimum atomic E-state index is -3.71. The van der Waals surface area contributed by atoms with E-state index in [0.29, 0.717) is 48.5 Å². The number of H-pyrrole nitrogens is 1. The Hall–Kier alpha value is -2.72. The van der Waals surface area contributed by atoms with Crippen molar-refractivity contribution in [2.75, 3.05) is 19.7 Å². The smallest absolute Gasteiger partial charge is 0.277 e. The quantitative estimate of drug-likeness (QED) is 0.455. The molecule has 0 amide bonds. The lowest BCUT2D eigenvalue weighted by Crippen LogP contribution is -2.32. The van der Waals surface area contributed by atoms with E-state index in [4.69, 9.17) is 9.72 Å². The molecule has 180 valence electrons. The fourth-order valence-corrected chi connectivity index (χ4v) is 5.57. The monoisotopic (exact) mass is 475 g/mol. The average Bonchev–Trinajstić information content (AvgIpc) is 3.10. The Morgan fingerprint density at radius 3 is 2.39 bits per heavy atom. The zero-order valence-electron chi connectivity index (χ0n) is 20.0. The molecular weight excluding hydrogens is 442 g/mol. The van der Waals surface area contributed by atoms with Crippen molar-refractivity contribution in [3.05, 3.63) is 34.2 Å². The van der Waals surface area contributed by atoms with Crippen LogP contribution in [0.3, 0.4) is 0 Å². The predicted molar refractivity (Wildman–Crippen MR) is 129 cm³/mol. The number of rotatable bonds is 11. The summed E-state index contributed by atoms with van der Waals surface area (Å²) < 4.78 is 35.5. The number of fused-ring (bicyclic) bond motifs is 1. The van der Waals surface area contributed by atoms with E-state index in [1.807, 2.05) is 27.7 Å². The Morgan fingerprint density at radius 1 is 1.09 bits per heavy atom. The van der Waals surface area contributed by atoms with Crippen LogP contribution in [0.2, 0.25) is 0 Å². The molecule has 9 nitrogen and oxygen atoms in total. The first-order valence-electron chi connectivity index (χ1n) is 11.5. The SMILES string of the molecule is CCCc1nn(C)c2c(=O)[nH]c(-c3cc(S(=O)(=O)N(CCC)CCC)ccc3OCC)nc12. The number of aryl methyl sites for hydroxylation is 2. The van der Waals surface area contributed by atoms with Gasteiger partial charge in [-0.25, -0.2) is 13.4 Å². The topological polar surface area (TPSA) is 110 Å². The number of aromatic nitrogens is 4. The molecule has 0 aliphatic rings. The molecule has 0 unspecified atom stereocenters. The lowest BCUT2D eigenvalue weighted by Gasteiger charge is -2.21. The van der Waals surface area contributed by atoms with Crippen molar-refractivity contribution in [3.8, 4) is 17.1 Å². The van der Waals surface area contributed by atoms with Gasteiger partial charge in [0.25, 0.3) is 5.56 Å². The molecule has 1 aromatic carbocycles. The number of ether oxygens (including phenoxy) is 1. The van der Waals surface area contributed by atoms with Crippen molar-refractivity contribution in [1.29, 1.82) is 0 Å². The maximum Gasteiger partial charge on any atom is 0.277 e. The van der Waals surface area contributed by atoms with E-state index in [-0.39, 0.29) is 16.3 Å². The summed E-state index contributed by atoms with van der Waals surface area (Å²) in [6.45, 7) is 9.05. The predicted octanol–water partition coefficient (Wildman–Crippen LogP) is 3.49. The zero-order chi connectivity index (χ0) is 24.2. The van der Waals surface area contributed by atoms with Crippen LogP contribution < -0.4 is 10.3 Å². The highest BCUT2D eigenvalue weighted by atomic mass is 32.2.